The van der Waals surface area contributed by atoms with Crippen molar-refractivity contribution in [3.05, 3.63) is 17.9 Å². The largest absolute Gasteiger partial charge is 0.367 e. The van der Waals surface area contributed by atoms with E-state index in [0.29, 0.717) is 22.4 Å². The first-order valence-electron chi connectivity index (χ1n) is 11.0. The number of nitrogens with one attached hydrogen (secondary N) is 2. The fourth-order valence-corrected chi connectivity index (χ4v) is 4.91. The van der Waals surface area contributed by atoms with E-state index in [9.17, 15) is 9.59 Å². The molecule has 5 rings (SSSR count). The van der Waals surface area contributed by atoms with E-state index in [1.165, 1.54) is 16.0 Å². The molecule has 3 aliphatic rings. The maximum absolute atomic E-state index is 15.6. The quantitative estimate of drug-likeness (QED) is 0.751. The minimum absolute atomic E-state index is 0.200. The fraction of sp³-hybridized carbons (Fsp3) is 0.571. The topological polar surface area (TPSA) is 85.7 Å². The number of anilines is 2. The minimum atomic E-state index is -0.519. The van der Waals surface area contributed by atoms with Crippen LogP contribution in [0.5, 0.6) is 0 Å². The number of benzene rings is 1. The summed E-state index contributed by atoms with van der Waals surface area (Å²) in [5.41, 5.74) is 0.944. The summed E-state index contributed by atoms with van der Waals surface area (Å²) in [6.07, 6.45) is 1.43. The molecule has 2 N–H and O–H groups in total. The SMILES string of the molecule is Cn1nc(N2CCC(=O)NC2=O)c2ccc(N3CCN(C[C@@H]4CCNC4)CC3)c(F)c21. The minimum Gasteiger partial charge on any atom is -0.367 e. The van der Waals surface area contributed by atoms with E-state index in [2.05, 4.69) is 25.5 Å². The number of piperazine rings is 1. The molecule has 2 aromatic rings. The molecule has 1 aromatic heterocycles. The second-order valence-electron chi connectivity index (χ2n) is 8.64. The van der Waals surface area contributed by atoms with E-state index in [4.69, 9.17) is 0 Å². The molecule has 4 heterocycles. The Labute approximate surface area is 180 Å². The molecule has 3 aliphatic heterocycles. The summed E-state index contributed by atoms with van der Waals surface area (Å²) in [5.74, 6) is 0.469. The molecule has 0 radical (unpaired) electrons. The standard InChI is InChI=1S/C21H28FN7O2/c1-26-19-15(20(25-26)29-7-5-17(30)24-21(29)31)2-3-16(18(19)22)28-10-8-27(9-11-28)13-14-4-6-23-12-14/h2-3,14,23H,4-13H2,1H3,(H,24,30,31)/t14-/m1/s1. The predicted molar refractivity (Wildman–Crippen MR) is 116 cm³/mol. The van der Waals surface area contributed by atoms with Gasteiger partial charge in [0.25, 0.3) is 0 Å². The van der Waals surface area contributed by atoms with Crippen LogP contribution in [0.15, 0.2) is 12.1 Å². The number of urea groups is 1. The summed E-state index contributed by atoms with van der Waals surface area (Å²) in [6, 6.07) is 3.09. The molecule has 0 bridgehead atoms. The van der Waals surface area contributed by atoms with Crippen molar-refractivity contribution in [2.75, 3.05) is 62.2 Å². The number of rotatable bonds is 4. The van der Waals surface area contributed by atoms with Crippen LogP contribution >= 0.6 is 0 Å². The van der Waals surface area contributed by atoms with Crippen LogP contribution in [-0.2, 0) is 11.8 Å². The van der Waals surface area contributed by atoms with Gasteiger partial charge >= 0.3 is 6.03 Å². The number of halogens is 1. The number of carbonyl (C=O) groups excluding carboxylic acids is 2. The van der Waals surface area contributed by atoms with Crippen LogP contribution < -0.4 is 20.4 Å². The van der Waals surface area contributed by atoms with Crippen molar-refractivity contribution in [2.45, 2.75) is 12.8 Å². The van der Waals surface area contributed by atoms with Gasteiger partial charge in [-0.05, 0) is 37.6 Å². The van der Waals surface area contributed by atoms with Gasteiger partial charge in [0.1, 0.15) is 5.52 Å². The molecule has 10 heteroatoms. The number of carbonyl (C=O) groups is 2. The fourth-order valence-electron chi connectivity index (χ4n) is 4.91. The molecule has 0 unspecified atom stereocenters. The third kappa shape index (κ3) is 3.74. The Kier molecular flexibility index (Phi) is 5.27. The second-order valence-corrected chi connectivity index (χ2v) is 8.64. The number of hydrogen-bond donors (Lipinski definition) is 2. The summed E-state index contributed by atoms with van der Waals surface area (Å²) in [6.45, 7) is 6.95. The van der Waals surface area contributed by atoms with Crippen molar-refractivity contribution >= 4 is 34.3 Å². The normalized spacial score (nSPS) is 23.1. The third-order valence-electron chi connectivity index (χ3n) is 6.61. The average molecular weight is 430 g/mol. The summed E-state index contributed by atoms with van der Waals surface area (Å²) in [5, 5.41) is 10.7. The van der Waals surface area contributed by atoms with E-state index in [1.54, 1.807) is 13.1 Å². The van der Waals surface area contributed by atoms with Crippen LogP contribution in [0.25, 0.3) is 10.9 Å². The number of hydrogen-bond acceptors (Lipinski definition) is 6. The van der Waals surface area contributed by atoms with Gasteiger partial charge in [-0.2, -0.15) is 5.10 Å². The average Bonchev–Trinajstić information content (AvgIpc) is 3.37. The lowest BCUT2D eigenvalue weighted by Crippen LogP contribution is -2.49. The summed E-state index contributed by atoms with van der Waals surface area (Å²) in [7, 11) is 1.68. The van der Waals surface area contributed by atoms with Crippen LogP contribution in [-0.4, -0.2) is 79.0 Å². The first kappa shape index (κ1) is 20.2. The maximum atomic E-state index is 15.6. The van der Waals surface area contributed by atoms with Gasteiger partial charge in [-0.25, -0.2) is 9.18 Å². The van der Waals surface area contributed by atoms with E-state index >= 15 is 4.39 Å². The Morgan fingerprint density at radius 3 is 2.68 bits per heavy atom. The lowest BCUT2D eigenvalue weighted by atomic mass is 10.1. The highest BCUT2D eigenvalue weighted by atomic mass is 19.1. The van der Waals surface area contributed by atoms with Crippen LogP contribution in [0.1, 0.15) is 12.8 Å². The Bertz CT molecular complexity index is 1010. The highest BCUT2D eigenvalue weighted by molar-refractivity contribution is 6.09. The third-order valence-corrected chi connectivity index (χ3v) is 6.61. The van der Waals surface area contributed by atoms with Gasteiger partial charge in [0.2, 0.25) is 5.91 Å². The number of aromatic nitrogens is 2. The molecule has 0 spiro atoms. The van der Waals surface area contributed by atoms with E-state index in [-0.39, 0.29) is 24.7 Å². The summed E-state index contributed by atoms with van der Waals surface area (Å²) >= 11 is 0. The van der Waals surface area contributed by atoms with Gasteiger partial charge in [-0.1, -0.05) is 0 Å². The lowest BCUT2D eigenvalue weighted by Gasteiger charge is -2.37. The second kappa shape index (κ2) is 8.08. The number of amides is 3. The summed E-state index contributed by atoms with van der Waals surface area (Å²) in [4.78, 5) is 29.7. The van der Waals surface area contributed by atoms with Crippen LogP contribution in [0.4, 0.5) is 20.7 Å². The Balaban J connectivity index is 1.35. The van der Waals surface area contributed by atoms with Gasteiger partial charge in [0, 0.05) is 58.1 Å². The van der Waals surface area contributed by atoms with Crippen molar-refractivity contribution in [3.63, 3.8) is 0 Å². The van der Waals surface area contributed by atoms with E-state index in [0.717, 1.165) is 51.7 Å². The molecule has 3 saturated heterocycles. The first-order valence-corrected chi connectivity index (χ1v) is 11.0. The van der Waals surface area contributed by atoms with E-state index in [1.807, 2.05) is 6.07 Å². The highest BCUT2D eigenvalue weighted by Gasteiger charge is 2.30. The van der Waals surface area contributed by atoms with Gasteiger partial charge in [-0.15, -0.1) is 0 Å². The zero-order valence-corrected chi connectivity index (χ0v) is 17.7. The van der Waals surface area contributed by atoms with Gasteiger partial charge in [0.15, 0.2) is 11.6 Å². The van der Waals surface area contributed by atoms with Crippen molar-refractivity contribution < 1.29 is 14.0 Å². The highest BCUT2D eigenvalue weighted by Crippen LogP contribution is 2.34. The lowest BCUT2D eigenvalue weighted by molar-refractivity contribution is -0.120. The molecule has 0 aliphatic carbocycles. The van der Waals surface area contributed by atoms with Crippen molar-refractivity contribution in [3.8, 4) is 0 Å². The Morgan fingerprint density at radius 1 is 1.16 bits per heavy atom. The molecule has 31 heavy (non-hydrogen) atoms. The van der Waals surface area contributed by atoms with Crippen molar-refractivity contribution in [1.82, 2.24) is 25.3 Å². The smallest absolute Gasteiger partial charge is 0.329 e. The number of nitrogens with zero attached hydrogens (tertiary/aromatic N) is 5. The van der Waals surface area contributed by atoms with Crippen LogP contribution in [0.2, 0.25) is 0 Å². The molecular formula is C21H28FN7O2. The zero-order valence-electron chi connectivity index (χ0n) is 17.7. The molecule has 1 aromatic carbocycles. The molecule has 3 fully saturated rings. The van der Waals surface area contributed by atoms with Crippen LogP contribution in [0, 0.1) is 11.7 Å². The molecule has 0 saturated carbocycles. The monoisotopic (exact) mass is 429 g/mol. The number of fused-ring (bicyclic) bond motifs is 1. The number of aryl methyl sites for hydroxylation is 1. The predicted octanol–water partition coefficient (Wildman–Crippen LogP) is 0.890. The molecule has 3 amide bonds. The molecule has 9 nitrogen and oxygen atoms in total. The van der Waals surface area contributed by atoms with Crippen molar-refractivity contribution in [1.29, 1.82) is 0 Å². The van der Waals surface area contributed by atoms with Crippen molar-refractivity contribution in [2.24, 2.45) is 13.0 Å². The van der Waals surface area contributed by atoms with Gasteiger partial charge in [-0.3, -0.25) is 24.6 Å². The maximum Gasteiger partial charge on any atom is 0.329 e. The van der Waals surface area contributed by atoms with Crippen LogP contribution in [0.3, 0.4) is 0 Å². The zero-order chi connectivity index (χ0) is 21.5. The summed E-state index contributed by atoms with van der Waals surface area (Å²) < 4.78 is 17.1. The number of imide groups is 1. The van der Waals surface area contributed by atoms with Gasteiger partial charge in [0.05, 0.1) is 5.69 Å². The van der Waals surface area contributed by atoms with E-state index < -0.39 is 6.03 Å². The molecule has 166 valence electrons. The molecular weight excluding hydrogens is 401 g/mol. The Morgan fingerprint density at radius 2 is 1.97 bits per heavy atom. The van der Waals surface area contributed by atoms with Gasteiger partial charge < -0.3 is 10.2 Å². The first-order chi connectivity index (χ1) is 15.0. The molecule has 1 atom stereocenters. The Hall–Kier alpha value is -2.72.